The lowest BCUT2D eigenvalue weighted by molar-refractivity contribution is 0.102. The number of aryl methyl sites for hydroxylation is 1. The molecule has 0 atom stereocenters. The number of rotatable bonds is 4. The highest BCUT2D eigenvalue weighted by Crippen LogP contribution is 2.36. The van der Waals surface area contributed by atoms with E-state index in [1.807, 2.05) is 6.07 Å². The lowest BCUT2D eigenvalue weighted by Crippen LogP contribution is -2.20. The summed E-state index contributed by atoms with van der Waals surface area (Å²) in [6, 6.07) is 8.59. The van der Waals surface area contributed by atoms with Gasteiger partial charge in [-0.15, -0.1) is 0 Å². The number of nitrogens with one attached hydrogen (secondary N) is 1. The predicted octanol–water partition coefficient (Wildman–Crippen LogP) is 5.00. The summed E-state index contributed by atoms with van der Waals surface area (Å²) in [4.78, 5) is 21.1. The Morgan fingerprint density at radius 2 is 1.81 bits per heavy atom. The van der Waals surface area contributed by atoms with Crippen LogP contribution in [0.2, 0.25) is 0 Å². The predicted molar refractivity (Wildman–Crippen MR) is 114 cm³/mol. The van der Waals surface area contributed by atoms with Crippen LogP contribution in [0.3, 0.4) is 0 Å². The Morgan fingerprint density at radius 3 is 2.58 bits per heavy atom. The summed E-state index contributed by atoms with van der Waals surface area (Å²) in [5.41, 5.74) is 2.04. The van der Waals surface area contributed by atoms with Crippen molar-refractivity contribution in [3.8, 4) is 11.3 Å². The maximum Gasteiger partial charge on any atom is 0.274 e. The zero-order chi connectivity index (χ0) is 22.0. The first-order valence-electron chi connectivity index (χ1n) is 10.3. The van der Waals surface area contributed by atoms with Gasteiger partial charge in [-0.1, -0.05) is 11.6 Å². The lowest BCUT2D eigenvalue weighted by Gasteiger charge is -2.27. The summed E-state index contributed by atoms with van der Waals surface area (Å²) >= 11 is 0. The number of hydrogen-bond acceptors (Lipinski definition) is 4. The first kappa shape index (κ1) is 21.1. The number of halogens is 2. The number of aliphatic hydroxyl groups is 1. The number of benzene rings is 1. The van der Waals surface area contributed by atoms with Gasteiger partial charge in [-0.3, -0.25) is 9.78 Å². The van der Waals surface area contributed by atoms with Gasteiger partial charge in [0.1, 0.15) is 23.0 Å². The molecule has 0 radical (unpaired) electrons. The molecular weight excluding hydrogens is 400 g/mol. The first-order chi connectivity index (χ1) is 14.9. The van der Waals surface area contributed by atoms with Crippen molar-refractivity contribution in [2.45, 2.75) is 44.6 Å². The van der Waals surface area contributed by atoms with Gasteiger partial charge in [-0.25, -0.2) is 13.8 Å². The summed E-state index contributed by atoms with van der Waals surface area (Å²) in [6.07, 6.45) is 6.03. The Kier molecular flexibility index (Phi) is 6.04. The van der Waals surface area contributed by atoms with E-state index in [9.17, 15) is 18.7 Å². The molecule has 0 spiro atoms. The molecule has 1 saturated carbocycles. The van der Waals surface area contributed by atoms with Crippen LogP contribution in [0.4, 0.5) is 14.5 Å². The quantitative estimate of drug-likeness (QED) is 0.619. The van der Waals surface area contributed by atoms with E-state index >= 15 is 0 Å². The number of anilines is 1. The molecular formula is C24H23F2N3O2. The van der Waals surface area contributed by atoms with Gasteiger partial charge in [-0.2, -0.15) is 0 Å². The zero-order valence-corrected chi connectivity index (χ0v) is 17.1. The van der Waals surface area contributed by atoms with Gasteiger partial charge in [0.25, 0.3) is 5.91 Å². The third kappa shape index (κ3) is 4.61. The Bertz CT molecular complexity index is 1110. The largest absolute Gasteiger partial charge is 0.393 e. The molecule has 2 N–H and O–H groups in total. The molecule has 1 aromatic carbocycles. The minimum absolute atomic E-state index is 0.00924. The van der Waals surface area contributed by atoms with Crippen molar-refractivity contribution < 1.29 is 18.7 Å². The van der Waals surface area contributed by atoms with E-state index in [1.54, 1.807) is 25.4 Å². The van der Waals surface area contributed by atoms with E-state index in [4.69, 9.17) is 0 Å². The molecule has 2 aromatic heterocycles. The van der Waals surface area contributed by atoms with Crippen LogP contribution in [0.25, 0.3) is 11.3 Å². The fraction of sp³-hybridized carbons (Fsp3) is 0.292. The maximum absolute atomic E-state index is 14.4. The van der Waals surface area contributed by atoms with Crippen molar-refractivity contribution in [2.24, 2.45) is 0 Å². The number of carbonyl (C=O) groups is 1. The van der Waals surface area contributed by atoms with E-state index in [-0.39, 0.29) is 29.0 Å². The van der Waals surface area contributed by atoms with Gasteiger partial charge < -0.3 is 10.4 Å². The summed E-state index contributed by atoms with van der Waals surface area (Å²) in [5, 5.41) is 12.6. The molecule has 4 rings (SSSR count). The fourth-order valence-electron chi connectivity index (χ4n) is 4.02. The van der Waals surface area contributed by atoms with E-state index in [0.29, 0.717) is 18.5 Å². The topological polar surface area (TPSA) is 75.1 Å². The molecule has 7 heteroatoms. The second kappa shape index (κ2) is 8.89. The normalized spacial score (nSPS) is 18.6. The summed E-state index contributed by atoms with van der Waals surface area (Å²) in [6.45, 7) is 1.77. The second-order valence-electron chi connectivity index (χ2n) is 7.93. The number of aliphatic hydroxyl groups excluding tert-OH is 1. The van der Waals surface area contributed by atoms with Crippen molar-refractivity contribution in [2.75, 3.05) is 5.32 Å². The minimum atomic E-state index is -0.705. The SMILES string of the molecule is Cc1ccc(F)c(-c2nc(C(=O)Nc3cnccc3C3CCC(O)CC3)ccc2F)c1. The van der Waals surface area contributed by atoms with Crippen LogP contribution in [0.1, 0.15) is 53.2 Å². The van der Waals surface area contributed by atoms with Crippen molar-refractivity contribution >= 4 is 11.6 Å². The standard InChI is InChI=1S/C24H23F2N3O2/c1-14-2-7-19(25)18(12-14)23-20(26)8-9-21(28-23)24(31)29-22-13-27-11-10-17(22)15-3-5-16(30)6-4-15/h2,7-13,15-16,30H,3-6H2,1H3,(H,29,31). The van der Waals surface area contributed by atoms with Gasteiger partial charge in [-0.05, 0) is 74.4 Å². The van der Waals surface area contributed by atoms with E-state index in [1.165, 1.54) is 18.2 Å². The molecule has 0 unspecified atom stereocenters. The van der Waals surface area contributed by atoms with Gasteiger partial charge >= 0.3 is 0 Å². The van der Waals surface area contributed by atoms with Crippen LogP contribution in [0.5, 0.6) is 0 Å². The number of nitrogens with zero attached hydrogens (tertiary/aromatic N) is 2. The van der Waals surface area contributed by atoms with Crippen molar-refractivity contribution in [1.29, 1.82) is 0 Å². The van der Waals surface area contributed by atoms with Gasteiger partial charge in [0.2, 0.25) is 0 Å². The van der Waals surface area contributed by atoms with E-state index < -0.39 is 17.5 Å². The number of carbonyl (C=O) groups excluding carboxylic acids is 1. The third-order valence-electron chi connectivity index (χ3n) is 5.70. The molecule has 0 saturated heterocycles. The molecule has 2 heterocycles. The van der Waals surface area contributed by atoms with Crippen LogP contribution < -0.4 is 5.32 Å². The molecule has 0 bridgehead atoms. The Hall–Kier alpha value is -3.19. The highest BCUT2D eigenvalue weighted by molar-refractivity contribution is 6.03. The highest BCUT2D eigenvalue weighted by atomic mass is 19.1. The minimum Gasteiger partial charge on any atom is -0.393 e. The fourth-order valence-corrected chi connectivity index (χ4v) is 4.02. The number of hydrogen-bond donors (Lipinski definition) is 2. The Balaban J connectivity index is 1.61. The van der Waals surface area contributed by atoms with Crippen molar-refractivity contribution in [1.82, 2.24) is 9.97 Å². The molecule has 1 fully saturated rings. The Morgan fingerprint density at radius 1 is 1.06 bits per heavy atom. The summed E-state index contributed by atoms with van der Waals surface area (Å²) < 4.78 is 28.7. The smallest absolute Gasteiger partial charge is 0.274 e. The number of aromatic nitrogens is 2. The zero-order valence-electron chi connectivity index (χ0n) is 17.1. The van der Waals surface area contributed by atoms with Crippen molar-refractivity contribution in [3.05, 3.63) is 77.2 Å². The van der Waals surface area contributed by atoms with Gasteiger partial charge in [0, 0.05) is 11.8 Å². The van der Waals surface area contributed by atoms with E-state index in [2.05, 4.69) is 15.3 Å². The van der Waals surface area contributed by atoms with Crippen LogP contribution in [0.15, 0.2) is 48.8 Å². The maximum atomic E-state index is 14.4. The molecule has 5 nitrogen and oxygen atoms in total. The monoisotopic (exact) mass is 423 g/mol. The lowest BCUT2D eigenvalue weighted by atomic mass is 9.82. The van der Waals surface area contributed by atoms with Gasteiger partial charge in [0.15, 0.2) is 0 Å². The molecule has 1 amide bonds. The molecule has 31 heavy (non-hydrogen) atoms. The number of amides is 1. The second-order valence-corrected chi connectivity index (χ2v) is 7.93. The molecule has 1 aliphatic carbocycles. The van der Waals surface area contributed by atoms with Crippen LogP contribution >= 0.6 is 0 Å². The average molecular weight is 423 g/mol. The van der Waals surface area contributed by atoms with Crippen LogP contribution in [-0.4, -0.2) is 27.1 Å². The first-order valence-corrected chi connectivity index (χ1v) is 10.3. The average Bonchev–Trinajstić information content (AvgIpc) is 2.77. The third-order valence-corrected chi connectivity index (χ3v) is 5.70. The van der Waals surface area contributed by atoms with Crippen molar-refractivity contribution in [3.63, 3.8) is 0 Å². The summed E-state index contributed by atoms with van der Waals surface area (Å²) in [7, 11) is 0. The van der Waals surface area contributed by atoms with Crippen LogP contribution in [0, 0.1) is 18.6 Å². The number of pyridine rings is 2. The Labute approximate surface area is 179 Å². The molecule has 3 aromatic rings. The molecule has 0 aliphatic heterocycles. The van der Waals surface area contributed by atoms with E-state index in [0.717, 1.165) is 30.0 Å². The van der Waals surface area contributed by atoms with Gasteiger partial charge in [0.05, 0.1) is 18.0 Å². The van der Waals surface area contributed by atoms with Crippen LogP contribution in [-0.2, 0) is 0 Å². The molecule has 160 valence electrons. The highest BCUT2D eigenvalue weighted by Gasteiger charge is 2.24. The summed E-state index contributed by atoms with van der Waals surface area (Å²) in [5.74, 6) is -1.63. The molecule has 1 aliphatic rings.